The van der Waals surface area contributed by atoms with E-state index in [2.05, 4.69) is 15.9 Å². The van der Waals surface area contributed by atoms with Gasteiger partial charge in [-0.25, -0.2) is 4.39 Å². The Bertz CT molecular complexity index is 623. The summed E-state index contributed by atoms with van der Waals surface area (Å²) in [6.45, 7) is 0. The van der Waals surface area contributed by atoms with Crippen LogP contribution in [0.3, 0.4) is 0 Å². The van der Waals surface area contributed by atoms with Crippen molar-refractivity contribution in [3.63, 3.8) is 0 Å². The predicted molar refractivity (Wildman–Crippen MR) is 77.8 cm³/mol. The van der Waals surface area contributed by atoms with Crippen LogP contribution in [0.5, 0.6) is 0 Å². The molecule has 0 aliphatic rings. The van der Waals surface area contributed by atoms with Crippen molar-refractivity contribution in [1.29, 1.82) is 0 Å². The van der Waals surface area contributed by atoms with E-state index in [4.69, 9.17) is 11.6 Å². The van der Waals surface area contributed by atoms with Crippen molar-refractivity contribution in [2.75, 3.05) is 0 Å². The molecule has 1 atom stereocenters. The van der Waals surface area contributed by atoms with E-state index in [1.54, 1.807) is 0 Å². The fraction of sp³-hybridized carbons (Fsp3) is 0.200. The lowest BCUT2D eigenvalue weighted by molar-refractivity contribution is -0.140. The smallest absolute Gasteiger partial charge is 0.206 e. The van der Waals surface area contributed by atoms with E-state index < -0.39 is 22.9 Å². The average molecular weight is 382 g/mol. The van der Waals surface area contributed by atoms with Crippen LogP contribution in [0.25, 0.3) is 0 Å². The van der Waals surface area contributed by atoms with Crippen LogP contribution in [-0.2, 0) is 12.6 Å². The van der Waals surface area contributed by atoms with Crippen LogP contribution in [-0.4, -0.2) is 0 Å². The highest BCUT2D eigenvalue weighted by Gasteiger charge is 2.34. The normalized spacial score (nSPS) is 13.2. The minimum absolute atomic E-state index is 0.244. The van der Waals surface area contributed by atoms with E-state index in [1.165, 1.54) is 6.07 Å². The number of hydrogen-bond acceptors (Lipinski definition) is 0. The zero-order valence-electron chi connectivity index (χ0n) is 10.6. The summed E-state index contributed by atoms with van der Waals surface area (Å²) in [5.74, 6) is -1.29. The number of rotatable bonds is 3. The Kier molecular flexibility index (Phi) is 4.94. The van der Waals surface area contributed by atoms with Gasteiger partial charge in [0, 0.05) is 4.47 Å². The predicted octanol–water partition coefficient (Wildman–Crippen LogP) is 6.13. The molecule has 21 heavy (non-hydrogen) atoms. The maximum Gasteiger partial charge on any atom is 0.419 e. The quantitative estimate of drug-likeness (QED) is 0.443. The number of benzene rings is 2. The highest BCUT2D eigenvalue weighted by molar-refractivity contribution is 9.10. The number of halogens is 6. The summed E-state index contributed by atoms with van der Waals surface area (Å²) in [6, 6.07) is 10.2. The van der Waals surface area contributed by atoms with Crippen molar-refractivity contribution in [1.82, 2.24) is 0 Å². The highest BCUT2D eigenvalue weighted by Crippen LogP contribution is 2.35. The molecule has 2 aromatic carbocycles. The molecule has 0 spiro atoms. The van der Waals surface area contributed by atoms with Gasteiger partial charge in [0.25, 0.3) is 0 Å². The molecule has 0 aromatic heterocycles. The molecule has 2 rings (SSSR count). The molecule has 6 heteroatoms. The van der Waals surface area contributed by atoms with Crippen LogP contribution in [0.4, 0.5) is 17.6 Å². The van der Waals surface area contributed by atoms with Crippen molar-refractivity contribution in [3.8, 4) is 0 Å². The standard InChI is InChI=1S/C15H10BrClF4/c16-11-4-1-9(2-5-11)7-13(17)10-3-6-14(18)12(8-10)15(19,20)21/h1-6,8,13H,7H2. The number of hydrogen-bond donors (Lipinski definition) is 0. The Labute approximate surface area is 132 Å². The molecule has 0 nitrogen and oxygen atoms in total. The summed E-state index contributed by atoms with van der Waals surface area (Å²) < 4.78 is 52.2. The third-order valence-corrected chi connectivity index (χ3v) is 3.92. The Balaban J connectivity index is 2.23. The lowest BCUT2D eigenvalue weighted by atomic mass is 10.0. The second kappa shape index (κ2) is 6.36. The van der Waals surface area contributed by atoms with Gasteiger partial charge in [-0.2, -0.15) is 13.2 Å². The van der Waals surface area contributed by atoms with Gasteiger partial charge in [-0.3, -0.25) is 0 Å². The van der Waals surface area contributed by atoms with Gasteiger partial charge >= 0.3 is 6.18 Å². The Morgan fingerprint density at radius 1 is 1.05 bits per heavy atom. The van der Waals surface area contributed by atoms with Crippen LogP contribution in [0, 0.1) is 5.82 Å². The fourth-order valence-corrected chi connectivity index (χ4v) is 2.48. The maximum atomic E-state index is 13.2. The van der Waals surface area contributed by atoms with Crippen LogP contribution >= 0.6 is 27.5 Å². The Hall–Kier alpha value is -1.07. The molecule has 0 heterocycles. The maximum absolute atomic E-state index is 13.2. The molecule has 0 saturated carbocycles. The first-order chi connectivity index (χ1) is 9.77. The lowest BCUT2D eigenvalue weighted by Crippen LogP contribution is -2.09. The minimum Gasteiger partial charge on any atom is -0.206 e. The monoisotopic (exact) mass is 380 g/mol. The fourth-order valence-electron chi connectivity index (χ4n) is 1.90. The molecule has 0 N–H and O–H groups in total. The molecular weight excluding hydrogens is 372 g/mol. The zero-order chi connectivity index (χ0) is 15.6. The largest absolute Gasteiger partial charge is 0.419 e. The van der Waals surface area contributed by atoms with Crippen LogP contribution in [0.15, 0.2) is 46.9 Å². The highest BCUT2D eigenvalue weighted by atomic mass is 79.9. The van der Waals surface area contributed by atoms with Gasteiger partial charge in [0.15, 0.2) is 0 Å². The van der Waals surface area contributed by atoms with Gasteiger partial charge in [0.05, 0.1) is 10.9 Å². The van der Waals surface area contributed by atoms with Gasteiger partial charge in [-0.15, -0.1) is 11.6 Å². The number of alkyl halides is 4. The van der Waals surface area contributed by atoms with Gasteiger partial charge in [-0.05, 0) is 41.8 Å². The molecule has 0 aliphatic heterocycles. The van der Waals surface area contributed by atoms with Crippen LogP contribution in [0.2, 0.25) is 0 Å². The van der Waals surface area contributed by atoms with Gasteiger partial charge < -0.3 is 0 Å². The molecule has 1 unspecified atom stereocenters. The molecule has 0 radical (unpaired) electrons. The summed E-state index contributed by atoms with van der Waals surface area (Å²) in [7, 11) is 0. The van der Waals surface area contributed by atoms with Gasteiger partial charge in [0.1, 0.15) is 5.82 Å². The second-order valence-corrected chi connectivity index (χ2v) is 5.98. The molecule has 2 aromatic rings. The molecule has 0 bridgehead atoms. The summed E-state index contributed by atoms with van der Waals surface area (Å²) in [6.07, 6.45) is -4.37. The SMILES string of the molecule is Fc1ccc(C(Cl)Cc2ccc(Br)cc2)cc1C(F)(F)F. The summed E-state index contributed by atoms with van der Waals surface area (Å²) in [5.41, 5.74) is -0.161. The van der Waals surface area contributed by atoms with Crippen LogP contribution in [0.1, 0.15) is 22.1 Å². The van der Waals surface area contributed by atoms with E-state index in [1.807, 2.05) is 24.3 Å². The molecule has 0 amide bonds. The first-order valence-corrected chi connectivity index (χ1v) is 7.25. The third-order valence-electron chi connectivity index (χ3n) is 2.99. The topological polar surface area (TPSA) is 0 Å². The first-order valence-electron chi connectivity index (χ1n) is 6.02. The third kappa shape index (κ3) is 4.20. The van der Waals surface area contributed by atoms with Gasteiger partial charge in [-0.1, -0.05) is 34.1 Å². The van der Waals surface area contributed by atoms with Crippen molar-refractivity contribution in [2.24, 2.45) is 0 Å². The minimum atomic E-state index is -4.73. The molecule has 0 aliphatic carbocycles. The van der Waals surface area contributed by atoms with E-state index in [0.29, 0.717) is 6.42 Å². The molecule has 0 fully saturated rings. The summed E-state index contributed by atoms with van der Waals surface area (Å²) in [5, 5.41) is -0.659. The summed E-state index contributed by atoms with van der Waals surface area (Å²) >= 11 is 9.45. The van der Waals surface area contributed by atoms with E-state index in [0.717, 1.165) is 22.2 Å². The van der Waals surface area contributed by atoms with Crippen molar-refractivity contribution in [3.05, 3.63) is 69.4 Å². The first kappa shape index (κ1) is 16.3. The zero-order valence-corrected chi connectivity index (χ0v) is 12.9. The Morgan fingerprint density at radius 2 is 1.67 bits per heavy atom. The van der Waals surface area contributed by atoms with Crippen molar-refractivity contribution < 1.29 is 17.6 Å². The van der Waals surface area contributed by atoms with Crippen molar-refractivity contribution >= 4 is 27.5 Å². The van der Waals surface area contributed by atoms with Crippen LogP contribution < -0.4 is 0 Å². The molecular formula is C15H10BrClF4. The average Bonchev–Trinajstić information content (AvgIpc) is 2.40. The Morgan fingerprint density at radius 3 is 2.24 bits per heavy atom. The summed E-state index contributed by atoms with van der Waals surface area (Å²) in [4.78, 5) is 0. The van der Waals surface area contributed by atoms with Crippen molar-refractivity contribution in [2.45, 2.75) is 18.0 Å². The molecule has 112 valence electrons. The van der Waals surface area contributed by atoms with Gasteiger partial charge in [0.2, 0.25) is 0 Å². The van der Waals surface area contributed by atoms with E-state index >= 15 is 0 Å². The lowest BCUT2D eigenvalue weighted by Gasteiger charge is -2.14. The van der Waals surface area contributed by atoms with E-state index in [9.17, 15) is 17.6 Å². The molecule has 0 saturated heterocycles. The van der Waals surface area contributed by atoms with E-state index in [-0.39, 0.29) is 5.56 Å². The second-order valence-electron chi connectivity index (χ2n) is 4.54.